The maximum Gasteiger partial charge on any atom is 0.247 e. The first kappa shape index (κ1) is 19.2. The number of methoxy groups -OCH3 is 1. The molecule has 1 fully saturated rings. The average Bonchev–Trinajstić information content (AvgIpc) is 2.54. The van der Waals surface area contributed by atoms with Crippen LogP contribution in [0.2, 0.25) is 0 Å². The van der Waals surface area contributed by atoms with Gasteiger partial charge in [-0.1, -0.05) is 13.3 Å². The topological polar surface area (TPSA) is 92.8 Å². The van der Waals surface area contributed by atoms with Crippen molar-refractivity contribution in [3.8, 4) is 5.75 Å². The second-order valence-electron chi connectivity index (χ2n) is 5.85. The Kier molecular flexibility index (Phi) is 5.90. The minimum Gasteiger partial charge on any atom is -0.495 e. The molecule has 0 saturated carbocycles. The summed E-state index contributed by atoms with van der Waals surface area (Å²) in [5.41, 5.74) is 0. The predicted molar refractivity (Wildman–Crippen MR) is 91.6 cm³/mol. The molecule has 24 heavy (non-hydrogen) atoms. The lowest BCUT2D eigenvalue weighted by molar-refractivity contribution is 0.253. The van der Waals surface area contributed by atoms with E-state index in [0.29, 0.717) is 19.6 Å². The quantitative estimate of drug-likeness (QED) is 0.792. The summed E-state index contributed by atoms with van der Waals surface area (Å²) in [6, 6.07) is 3.78. The Labute approximate surface area is 144 Å². The Morgan fingerprint density at radius 2 is 2.00 bits per heavy atom. The molecule has 1 heterocycles. The molecule has 0 bridgehead atoms. The molecule has 1 atom stereocenters. The smallest absolute Gasteiger partial charge is 0.247 e. The van der Waals surface area contributed by atoms with Crippen molar-refractivity contribution in [1.82, 2.24) is 9.62 Å². The first-order valence-electron chi connectivity index (χ1n) is 7.82. The molecule has 0 aliphatic carbocycles. The number of nitrogens with zero attached hydrogens (tertiary/aromatic N) is 1. The van der Waals surface area contributed by atoms with Crippen molar-refractivity contribution in [2.75, 3.05) is 33.0 Å². The fraction of sp³-hybridized carbons (Fsp3) is 0.600. The standard InChI is InChI=1S/C15H24N2O5S2/c1-4-5-12-11-16-8-9-17(12)24(20,21)15-10-13(23(3,18)19)6-7-14(15)22-2/h6-7,10,12,16H,4-5,8-9,11H2,1-3H3. The van der Waals surface area contributed by atoms with Gasteiger partial charge in [-0.3, -0.25) is 0 Å². The van der Waals surface area contributed by atoms with Crippen LogP contribution in [0.3, 0.4) is 0 Å². The van der Waals surface area contributed by atoms with Gasteiger partial charge in [-0.25, -0.2) is 16.8 Å². The second-order valence-corrected chi connectivity index (χ2v) is 9.72. The molecule has 0 radical (unpaired) electrons. The Bertz CT molecular complexity index is 788. The van der Waals surface area contributed by atoms with Gasteiger partial charge in [-0.15, -0.1) is 0 Å². The largest absolute Gasteiger partial charge is 0.495 e. The number of sulfone groups is 1. The summed E-state index contributed by atoms with van der Waals surface area (Å²) in [7, 11) is -6.00. The Morgan fingerprint density at radius 1 is 1.29 bits per heavy atom. The molecule has 1 aliphatic rings. The SMILES string of the molecule is CCCC1CNCCN1S(=O)(=O)c1cc(S(C)(=O)=O)ccc1OC. The molecule has 1 aromatic rings. The molecule has 9 heteroatoms. The summed E-state index contributed by atoms with van der Waals surface area (Å²) in [5.74, 6) is 0.149. The van der Waals surface area contributed by atoms with E-state index in [0.717, 1.165) is 19.1 Å². The third-order valence-electron chi connectivity index (χ3n) is 4.07. The van der Waals surface area contributed by atoms with Crippen molar-refractivity contribution in [2.24, 2.45) is 0 Å². The van der Waals surface area contributed by atoms with E-state index in [4.69, 9.17) is 4.74 Å². The lowest BCUT2D eigenvalue weighted by Crippen LogP contribution is -2.53. The number of hydrogen-bond acceptors (Lipinski definition) is 6. The third kappa shape index (κ3) is 3.90. The number of hydrogen-bond donors (Lipinski definition) is 1. The number of rotatable bonds is 6. The highest BCUT2D eigenvalue weighted by molar-refractivity contribution is 7.91. The second kappa shape index (κ2) is 7.38. The van der Waals surface area contributed by atoms with Crippen LogP contribution >= 0.6 is 0 Å². The van der Waals surface area contributed by atoms with Gasteiger partial charge in [0.05, 0.1) is 12.0 Å². The maximum absolute atomic E-state index is 13.2. The van der Waals surface area contributed by atoms with Crippen molar-refractivity contribution >= 4 is 19.9 Å². The van der Waals surface area contributed by atoms with E-state index >= 15 is 0 Å². The van der Waals surface area contributed by atoms with E-state index in [2.05, 4.69) is 5.32 Å². The molecule has 0 spiro atoms. The zero-order chi connectivity index (χ0) is 18.0. The number of benzene rings is 1. The zero-order valence-electron chi connectivity index (χ0n) is 14.1. The van der Waals surface area contributed by atoms with E-state index in [1.807, 2.05) is 6.92 Å². The summed E-state index contributed by atoms with van der Waals surface area (Å²) < 4.78 is 56.5. The molecule has 1 unspecified atom stereocenters. The Hall–Kier alpha value is -1.16. The van der Waals surface area contributed by atoms with Crippen molar-refractivity contribution in [3.05, 3.63) is 18.2 Å². The zero-order valence-corrected chi connectivity index (χ0v) is 15.8. The highest BCUT2D eigenvalue weighted by Gasteiger charge is 2.35. The third-order valence-corrected chi connectivity index (χ3v) is 7.15. The van der Waals surface area contributed by atoms with Gasteiger partial charge >= 0.3 is 0 Å². The summed E-state index contributed by atoms with van der Waals surface area (Å²) >= 11 is 0. The molecule has 1 N–H and O–H groups in total. The summed E-state index contributed by atoms with van der Waals surface area (Å²) in [6.07, 6.45) is 2.65. The van der Waals surface area contributed by atoms with Crippen LogP contribution < -0.4 is 10.1 Å². The Balaban J connectivity index is 2.54. The molecule has 2 rings (SSSR count). The molecule has 0 amide bonds. The van der Waals surface area contributed by atoms with E-state index < -0.39 is 19.9 Å². The fourth-order valence-electron chi connectivity index (χ4n) is 2.85. The van der Waals surface area contributed by atoms with Crippen LogP contribution in [0, 0.1) is 0 Å². The van der Waals surface area contributed by atoms with E-state index in [-0.39, 0.29) is 21.6 Å². The highest BCUT2D eigenvalue weighted by atomic mass is 32.2. The average molecular weight is 377 g/mol. The number of nitrogens with one attached hydrogen (secondary N) is 1. The van der Waals surface area contributed by atoms with Crippen LogP contribution in [-0.2, 0) is 19.9 Å². The van der Waals surface area contributed by atoms with Crippen LogP contribution in [0.5, 0.6) is 5.75 Å². The minimum atomic E-state index is -3.86. The van der Waals surface area contributed by atoms with Crippen LogP contribution in [0.25, 0.3) is 0 Å². The lowest BCUT2D eigenvalue weighted by Gasteiger charge is -2.35. The van der Waals surface area contributed by atoms with Gasteiger partial charge < -0.3 is 10.1 Å². The van der Waals surface area contributed by atoms with Crippen molar-refractivity contribution in [1.29, 1.82) is 0 Å². The molecular weight excluding hydrogens is 352 g/mol. The molecular formula is C15H24N2O5S2. The molecule has 7 nitrogen and oxygen atoms in total. The van der Waals surface area contributed by atoms with Crippen molar-refractivity contribution < 1.29 is 21.6 Å². The molecule has 0 aromatic heterocycles. The maximum atomic E-state index is 13.2. The molecule has 136 valence electrons. The molecule has 1 saturated heterocycles. The Morgan fingerprint density at radius 3 is 2.58 bits per heavy atom. The number of ether oxygens (including phenoxy) is 1. The van der Waals surface area contributed by atoms with E-state index in [9.17, 15) is 16.8 Å². The molecule has 1 aromatic carbocycles. The number of sulfonamides is 1. The summed E-state index contributed by atoms with van der Waals surface area (Å²) in [6.45, 7) is 3.50. The van der Waals surface area contributed by atoms with Gasteiger partial charge in [0.25, 0.3) is 0 Å². The van der Waals surface area contributed by atoms with Gasteiger partial charge in [-0.2, -0.15) is 4.31 Å². The van der Waals surface area contributed by atoms with Gasteiger partial charge in [0, 0.05) is 31.9 Å². The first-order chi connectivity index (χ1) is 11.2. The van der Waals surface area contributed by atoms with Gasteiger partial charge in [-0.05, 0) is 24.6 Å². The van der Waals surface area contributed by atoms with Crippen LogP contribution in [0.15, 0.2) is 28.0 Å². The number of piperazine rings is 1. The van der Waals surface area contributed by atoms with E-state index in [1.165, 1.54) is 29.6 Å². The van der Waals surface area contributed by atoms with Gasteiger partial charge in [0.1, 0.15) is 10.6 Å². The van der Waals surface area contributed by atoms with Crippen molar-refractivity contribution in [3.63, 3.8) is 0 Å². The van der Waals surface area contributed by atoms with Crippen LogP contribution in [-0.4, -0.2) is 60.2 Å². The van der Waals surface area contributed by atoms with Crippen LogP contribution in [0.4, 0.5) is 0 Å². The van der Waals surface area contributed by atoms with Gasteiger partial charge in [0.2, 0.25) is 10.0 Å². The summed E-state index contributed by atoms with van der Waals surface area (Å²) in [4.78, 5) is -0.139. The fourth-order valence-corrected chi connectivity index (χ4v) is 5.41. The molecule has 1 aliphatic heterocycles. The first-order valence-corrected chi connectivity index (χ1v) is 11.2. The minimum absolute atomic E-state index is 0.0379. The predicted octanol–water partition coefficient (Wildman–Crippen LogP) is 0.861. The van der Waals surface area contributed by atoms with Gasteiger partial charge in [0.15, 0.2) is 9.84 Å². The monoisotopic (exact) mass is 376 g/mol. The van der Waals surface area contributed by atoms with E-state index in [1.54, 1.807) is 0 Å². The normalized spacial score (nSPS) is 20.0. The van der Waals surface area contributed by atoms with Crippen molar-refractivity contribution in [2.45, 2.75) is 35.6 Å². The highest BCUT2D eigenvalue weighted by Crippen LogP contribution is 2.31. The lowest BCUT2D eigenvalue weighted by atomic mass is 10.1. The summed E-state index contributed by atoms with van der Waals surface area (Å²) in [5, 5.41) is 3.20. The van der Waals surface area contributed by atoms with Crippen LogP contribution in [0.1, 0.15) is 19.8 Å².